The van der Waals surface area contributed by atoms with Gasteiger partial charge in [0.15, 0.2) is 0 Å². The second-order valence-electron chi connectivity index (χ2n) is 8.52. The van der Waals surface area contributed by atoms with Gasteiger partial charge in [0, 0.05) is 17.4 Å². The molecule has 0 radical (unpaired) electrons. The first kappa shape index (κ1) is 25.6. The standard InChI is InChI=1S/C29H28N2O6/c1-4-16-37-29(35)19-9-12-21(13-10-19)31-25(22-8-6-7-15-30-22)24(27(33)28(31)34)26(32)20-11-14-23(36-5-2)18(3)17-20/h6-15,17,25,32H,4-5,16H2,1-3H3/b26-24-. The molecule has 3 aromatic rings. The number of aromatic nitrogens is 1. The number of aryl methyl sites for hydroxylation is 1. The Morgan fingerprint density at radius 2 is 1.76 bits per heavy atom. The number of benzene rings is 2. The number of anilines is 1. The number of Topliss-reactive ketones (excluding diaryl/α,β-unsaturated/α-hetero) is 1. The summed E-state index contributed by atoms with van der Waals surface area (Å²) in [6.45, 7) is 6.41. The maximum atomic E-state index is 13.3. The molecule has 1 aromatic heterocycles. The molecule has 0 saturated carbocycles. The van der Waals surface area contributed by atoms with Crippen LogP contribution in [0.3, 0.4) is 0 Å². The third-order valence-corrected chi connectivity index (χ3v) is 5.98. The quantitative estimate of drug-likeness (QED) is 0.201. The summed E-state index contributed by atoms with van der Waals surface area (Å²) in [7, 11) is 0. The highest BCUT2D eigenvalue weighted by Crippen LogP contribution is 2.41. The summed E-state index contributed by atoms with van der Waals surface area (Å²) in [5, 5.41) is 11.3. The number of amides is 1. The molecule has 1 unspecified atom stereocenters. The van der Waals surface area contributed by atoms with E-state index in [1.54, 1.807) is 54.7 Å². The van der Waals surface area contributed by atoms with Crippen LogP contribution in [0.2, 0.25) is 0 Å². The Morgan fingerprint density at radius 3 is 2.38 bits per heavy atom. The third kappa shape index (κ3) is 5.09. The number of ketones is 1. The predicted molar refractivity (Wildman–Crippen MR) is 138 cm³/mol. The molecule has 8 nitrogen and oxygen atoms in total. The molecule has 1 N–H and O–H groups in total. The number of aliphatic hydroxyl groups is 1. The van der Waals surface area contributed by atoms with Gasteiger partial charge < -0.3 is 14.6 Å². The van der Waals surface area contributed by atoms with Crippen LogP contribution in [0.1, 0.15) is 53.5 Å². The van der Waals surface area contributed by atoms with Gasteiger partial charge in [-0.1, -0.05) is 13.0 Å². The average molecular weight is 501 g/mol. The summed E-state index contributed by atoms with van der Waals surface area (Å²) in [4.78, 5) is 44.5. The second-order valence-corrected chi connectivity index (χ2v) is 8.52. The first-order valence-corrected chi connectivity index (χ1v) is 12.1. The average Bonchev–Trinajstić information content (AvgIpc) is 3.18. The number of carbonyl (C=O) groups excluding carboxylic acids is 3. The molecule has 190 valence electrons. The summed E-state index contributed by atoms with van der Waals surface area (Å²) in [6.07, 6.45) is 2.26. The third-order valence-electron chi connectivity index (χ3n) is 5.98. The topological polar surface area (TPSA) is 106 Å². The number of carbonyl (C=O) groups is 3. The number of rotatable bonds is 8. The smallest absolute Gasteiger partial charge is 0.338 e. The lowest BCUT2D eigenvalue weighted by Gasteiger charge is -2.24. The molecule has 0 spiro atoms. The normalized spacial score (nSPS) is 16.6. The molecule has 1 aliphatic rings. The van der Waals surface area contributed by atoms with E-state index in [2.05, 4.69) is 4.98 Å². The lowest BCUT2D eigenvalue weighted by atomic mass is 9.97. The van der Waals surface area contributed by atoms with Crippen LogP contribution in [0, 0.1) is 6.92 Å². The molecule has 37 heavy (non-hydrogen) atoms. The minimum atomic E-state index is -0.967. The van der Waals surface area contributed by atoms with Crippen LogP contribution < -0.4 is 9.64 Å². The van der Waals surface area contributed by atoms with Crippen LogP contribution in [-0.4, -0.2) is 41.0 Å². The highest BCUT2D eigenvalue weighted by Gasteiger charge is 2.47. The first-order valence-electron chi connectivity index (χ1n) is 12.1. The molecule has 0 aliphatic carbocycles. The van der Waals surface area contributed by atoms with E-state index in [0.717, 1.165) is 5.56 Å². The Labute approximate surface area is 215 Å². The van der Waals surface area contributed by atoms with Crippen molar-refractivity contribution in [2.45, 2.75) is 33.2 Å². The molecule has 4 rings (SSSR count). The van der Waals surface area contributed by atoms with Crippen molar-refractivity contribution in [1.29, 1.82) is 0 Å². The van der Waals surface area contributed by atoms with E-state index in [1.807, 2.05) is 20.8 Å². The van der Waals surface area contributed by atoms with E-state index in [1.165, 1.54) is 17.0 Å². The number of pyridine rings is 1. The number of aliphatic hydroxyl groups excluding tert-OH is 1. The summed E-state index contributed by atoms with van der Waals surface area (Å²) in [6, 6.07) is 15.5. The maximum absolute atomic E-state index is 13.3. The van der Waals surface area contributed by atoms with Gasteiger partial charge in [0.05, 0.1) is 30.0 Å². The van der Waals surface area contributed by atoms with E-state index in [4.69, 9.17) is 9.47 Å². The summed E-state index contributed by atoms with van der Waals surface area (Å²) in [5.41, 5.74) is 2.21. The van der Waals surface area contributed by atoms with Crippen molar-refractivity contribution in [2.24, 2.45) is 0 Å². The minimum absolute atomic E-state index is 0.0707. The van der Waals surface area contributed by atoms with Crippen LogP contribution in [-0.2, 0) is 14.3 Å². The molecular formula is C29H28N2O6. The van der Waals surface area contributed by atoms with Gasteiger partial charge in [-0.25, -0.2) is 4.79 Å². The van der Waals surface area contributed by atoms with Crippen molar-refractivity contribution in [2.75, 3.05) is 18.1 Å². The number of ether oxygens (including phenoxy) is 2. The first-order chi connectivity index (χ1) is 17.9. The maximum Gasteiger partial charge on any atom is 0.338 e. The number of nitrogens with zero attached hydrogens (tertiary/aromatic N) is 2. The van der Waals surface area contributed by atoms with Crippen LogP contribution in [0.5, 0.6) is 5.75 Å². The molecule has 1 saturated heterocycles. The van der Waals surface area contributed by atoms with Crippen molar-refractivity contribution in [3.8, 4) is 5.75 Å². The lowest BCUT2D eigenvalue weighted by Crippen LogP contribution is -2.29. The fourth-order valence-electron chi connectivity index (χ4n) is 4.22. The SMILES string of the molecule is CCCOC(=O)c1ccc(N2C(=O)C(=O)/C(=C(\O)c3ccc(OCC)c(C)c3)C2c2ccccn2)cc1. The van der Waals surface area contributed by atoms with Crippen molar-refractivity contribution in [1.82, 2.24) is 4.98 Å². The van der Waals surface area contributed by atoms with Gasteiger partial charge in [-0.05, 0) is 80.4 Å². The summed E-state index contributed by atoms with van der Waals surface area (Å²) >= 11 is 0. The molecule has 8 heteroatoms. The van der Waals surface area contributed by atoms with E-state index in [9.17, 15) is 19.5 Å². The van der Waals surface area contributed by atoms with Crippen LogP contribution >= 0.6 is 0 Å². The van der Waals surface area contributed by atoms with Gasteiger partial charge in [0.25, 0.3) is 11.7 Å². The predicted octanol–water partition coefficient (Wildman–Crippen LogP) is 4.98. The van der Waals surface area contributed by atoms with Crippen molar-refractivity contribution < 1.29 is 29.0 Å². The zero-order chi connectivity index (χ0) is 26.5. The molecular weight excluding hydrogens is 472 g/mol. The van der Waals surface area contributed by atoms with E-state index >= 15 is 0 Å². The number of hydrogen-bond acceptors (Lipinski definition) is 7. The zero-order valence-electron chi connectivity index (χ0n) is 20.9. The molecule has 1 fully saturated rings. The number of hydrogen-bond donors (Lipinski definition) is 1. The Bertz CT molecular complexity index is 1350. The highest BCUT2D eigenvalue weighted by atomic mass is 16.5. The van der Waals surface area contributed by atoms with Gasteiger partial charge in [0.1, 0.15) is 17.6 Å². The Balaban J connectivity index is 1.80. The van der Waals surface area contributed by atoms with Crippen molar-refractivity contribution >= 4 is 29.1 Å². The van der Waals surface area contributed by atoms with Gasteiger partial charge in [-0.3, -0.25) is 19.5 Å². The summed E-state index contributed by atoms with van der Waals surface area (Å²) in [5.74, 6) is -1.74. The van der Waals surface area contributed by atoms with Crippen molar-refractivity contribution in [3.05, 3.63) is 94.8 Å². The number of esters is 1. The van der Waals surface area contributed by atoms with Gasteiger partial charge >= 0.3 is 5.97 Å². The van der Waals surface area contributed by atoms with Crippen LogP contribution in [0.15, 0.2) is 72.4 Å². The highest BCUT2D eigenvalue weighted by molar-refractivity contribution is 6.51. The van der Waals surface area contributed by atoms with Gasteiger partial charge in [-0.15, -0.1) is 0 Å². The molecule has 2 heterocycles. The largest absolute Gasteiger partial charge is 0.507 e. The summed E-state index contributed by atoms with van der Waals surface area (Å²) < 4.78 is 10.7. The van der Waals surface area contributed by atoms with E-state index < -0.39 is 23.7 Å². The molecule has 1 aliphatic heterocycles. The van der Waals surface area contributed by atoms with E-state index in [0.29, 0.717) is 47.9 Å². The minimum Gasteiger partial charge on any atom is -0.507 e. The van der Waals surface area contributed by atoms with Crippen LogP contribution in [0.25, 0.3) is 5.76 Å². The second kappa shape index (κ2) is 11.1. The van der Waals surface area contributed by atoms with Gasteiger partial charge in [-0.2, -0.15) is 0 Å². The molecule has 1 atom stereocenters. The van der Waals surface area contributed by atoms with Gasteiger partial charge in [0.2, 0.25) is 0 Å². The fourth-order valence-corrected chi connectivity index (χ4v) is 4.22. The Hall–Kier alpha value is -4.46. The zero-order valence-corrected chi connectivity index (χ0v) is 20.9. The van der Waals surface area contributed by atoms with Crippen LogP contribution in [0.4, 0.5) is 5.69 Å². The molecule has 1 amide bonds. The Morgan fingerprint density at radius 1 is 1.03 bits per heavy atom. The molecule has 2 aromatic carbocycles. The monoisotopic (exact) mass is 500 g/mol. The van der Waals surface area contributed by atoms with E-state index in [-0.39, 0.29) is 11.3 Å². The lowest BCUT2D eigenvalue weighted by molar-refractivity contribution is -0.132. The fraction of sp³-hybridized carbons (Fsp3) is 0.241. The molecule has 0 bridgehead atoms. The Kier molecular flexibility index (Phi) is 7.67. The van der Waals surface area contributed by atoms with Crippen molar-refractivity contribution in [3.63, 3.8) is 0 Å².